The molecule has 0 radical (unpaired) electrons. The molecular weight excluding hydrogens is 467 g/mol. The van der Waals surface area contributed by atoms with E-state index in [9.17, 15) is 17.6 Å². The third-order valence-corrected chi connectivity index (χ3v) is 7.23. The second-order valence-corrected chi connectivity index (χ2v) is 9.29. The summed E-state index contributed by atoms with van der Waals surface area (Å²) in [5.74, 6) is -1.26. The molecule has 0 aliphatic carbocycles. The molecular formula is C24H18ClFN2O4S. The van der Waals surface area contributed by atoms with Crippen LogP contribution in [-0.2, 0) is 21.3 Å². The van der Waals surface area contributed by atoms with Crippen molar-refractivity contribution in [1.82, 2.24) is 4.98 Å². The summed E-state index contributed by atoms with van der Waals surface area (Å²) in [6.45, 7) is -0.199. The lowest BCUT2D eigenvalue weighted by atomic mass is 10.1. The molecule has 3 aromatic carbocycles. The fourth-order valence-electron chi connectivity index (χ4n) is 3.52. The van der Waals surface area contributed by atoms with Gasteiger partial charge in [0, 0.05) is 11.6 Å². The van der Waals surface area contributed by atoms with Crippen LogP contribution < -0.4 is 4.31 Å². The van der Waals surface area contributed by atoms with Crippen LogP contribution in [0.1, 0.15) is 15.9 Å². The largest absolute Gasteiger partial charge is 0.465 e. The molecule has 0 bridgehead atoms. The van der Waals surface area contributed by atoms with Gasteiger partial charge >= 0.3 is 5.97 Å². The van der Waals surface area contributed by atoms with E-state index in [1.807, 2.05) is 0 Å². The minimum atomic E-state index is -4.31. The van der Waals surface area contributed by atoms with Crippen molar-refractivity contribution in [2.24, 2.45) is 0 Å². The first-order valence-corrected chi connectivity index (χ1v) is 11.6. The zero-order chi connectivity index (χ0) is 23.6. The van der Waals surface area contributed by atoms with Crippen LogP contribution in [0.25, 0.3) is 10.9 Å². The Morgan fingerprint density at radius 2 is 1.76 bits per heavy atom. The van der Waals surface area contributed by atoms with Gasteiger partial charge < -0.3 is 4.74 Å². The van der Waals surface area contributed by atoms with E-state index in [4.69, 9.17) is 16.3 Å². The van der Waals surface area contributed by atoms with Gasteiger partial charge in [0.25, 0.3) is 10.0 Å². The van der Waals surface area contributed by atoms with E-state index >= 15 is 0 Å². The van der Waals surface area contributed by atoms with Crippen molar-refractivity contribution < 1.29 is 22.3 Å². The van der Waals surface area contributed by atoms with E-state index in [0.29, 0.717) is 11.1 Å². The molecule has 4 aromatic rings. The van der Waals surface area contributed by atoms with Gasteiger partial charge in [0.1, 0.15) is 10.7 Å². The molecule has 6 nitrogen and oxygen atoms in total. The van der Waals surface area contributed by atoms with Crippen LogP contribution in [0, 0.1) is 5.82 Å². The smallest absolute Gasteiger partial charge is 0.339 e. The van der Waals surface area contributed by atoms with Crippen LogP contribution in [-0.4, -0.2) is 26.5 Å². The predicted octanol–water partition coefficient (Wildman–Crippen LogP) is 5.21. The van der Waals surface area contributed by atoms with Crippen molar-refractivity contribution in [3.8, 4) is 0 Å². The minimum absolute atomic E-state index is 0.112. The molecule has 168 valence electrons. The summed E-state index contributed by atoms with van der Waals surface area (Å²) < 4.78 is 48.0. The zero-order valence-corrected chi connectivity index (χ0v) is 19.0. The molecule has 0 unspecified atom stereocenters. The van der Waals surface area contributed by atoms with Crippen LogP contribution in [0.4, 0.5) is 10.1 Å². The molecule has 0 spiro atoms. The summed E-state index contributed by atoms with van der Waals surface area (Å²) in [7, 11) is -3.14. The minimum Gasteiger partial charge on any atom is -0.465 e. The highest BCUT2D eigenvalue weighted by atomic mass is 35.5. The highest BCUT2D eigenvalue weighted by Gasteiger charge is 2.31. The number of aromatic nitrogens is 1. The summed E-state index contributed by atoms with van der Waals surface area (Å²) in [5.41, 5.74) is 0.878. The summed E-state index contributed by atoms with van der Waals surface area (Å²) in [6.07, 6.45) is 1.51. The van der Waals surface area contributed by atoms with E-state index in [1.165, 1.54) is 43.6 Å². The van der Waals surface area contributed by atoms with Crippen LogP contribution in [0.2, 0.25) is 5.02 Å². The number of rotatable bonds is 6. The van der Waals surface area contributed by atoms with Gasteiger partial charge in [-0.05, 0) is 48.0 Å². The molecule has 0 aliphatic rings. The van der Waals surface area contributed by atoms with Crippen LogP contribution in [0.3, 0.4) is 0 Å². The van der Waals surface area contributed by atoms with Crippen molar-refractivity contribution in [1.29, 1.82) is 0 Å². The summed E-state index contributed by atoms with van der Waals surface area (Å²) in [5, 5.41) is 0.456. The first-order chi connectivity index (χ1) is 15.8. The maximum atomic E-state index is 14.3. The first kappa shape index (κ1) is 22.7. The topological polar surface area (TPSA) is 76.6 Å². The van der Waals surface area contributed by atoms with Crippen molar-refractivity contribution in [2.45, 2.75) is 11.4 Å². The second kappa shape index (κ2) is 9.17. The number of benzene rings is 3. The number of hydrogen-bond acceptors (Lipinski definition) is 5. The quantitative estimate of drug-likeness (QED) is 0.351. The maximum absolute atomic E-state index is 14.3. The van der Waals surface area contributed by atoms with Gasteiger partial charge in [0.15, 0.2) is 0 Å². The average molecular weight is 485 g/mol. The molecule has 0 aliphatic heterocycles. The average Bonchev–Trinajstić information content (AvgIpc) is 2.84. The monoisotopic (exact) mass is 484 g/mol. The molecule has 0 N–H and O–H groups in total. The number of esters is 1. The molecule has 0 atom stereocenters. The Balaban J connectivity index is 1.93. The number of fused-ring (bicyclic) bond motifs is 1. The Hall–Kier alpha value is -3.49. The Bertz CT molecular complexity index is 1460. The lowest BCUT2D eigenvalue weighted by molar-refractivity contribution is 0.0596. The fraction of sp³-hybridized carbons (Fsp3) is 0.0833. The summed E-state index contributed by atoms with van der Waals surface area (Å²) >= 11 is 6.38. The van der Waals surface area contributed by atoms with E-state index in [1.54, 1.807) is 42.5 Å². The number of ether oxygens (including phenoxy) is 1. The van der Waals surface area contributed by atoms with E-state index in [0.717, 1.165) is 4.31 Å². The fourth-order valence-corrected chi connectivity index (χ4v) is 5.45. The molecule has 9 heteroatoms. The molecule has 0 saturated carbocycles. The van der Waals surface area contributed by atoms with E-state index in [2.05, 4.69) is 4.98 Å². The number of sulfonamides is 1. The Morgan fingerprint density at radius 1 is 1.03 bits per heavy atom. The number of anilines is 1. The van der Waals surface area contributed by atoms with Crippen LogP contribution in [0.5, 0.6) is 0 Å². The van der Waals surface area contributed by atoms with Crippen LogP contribution >= 0.6 is 11.6 Å². The lowest BCUT2D eigenvalue weighted by Crippen LogP contribution is -2.32. The summed E-state index contributed by atoms with van der Waals surface area (Å²) in [4.78, 5) is 16.3. The maximum Gasteiger partial charge on any atom is 0.339 e. The van der Waals surface area contributed by atoms with Gasteiger partial charge in [0.05, 0.1) is 35.4 Å². The van der Waals surface area contributed by atoms with Crippen LogP contribution in [0.15, 0.2) is 83.9 Å². The molecule has 0 saturated heterocycles. The summed E-state index contributed by atoms with van der Waals surface area (Å²) in [6, 6.07) is 18.1. The van der Waals surface area contributed by atoms with Gasteiger partial charge in [0.2, 0.25) is 0 Å². The van der Waals surface area contributed by atoms with Gasteiger partial charge in [-0.2, -0.15) is 0 Å². The molecule has 1 heterocycles. The Kier molecular flexibility index (Phi) is 6.31. The zero-order valence-electron chi connectivity index (χ0n) is 17.4. The normalized spacial score (nSPS) is 11.4. The van der Waals surface area contributed by atoms with E-state index < -0.39 is 21.8 Å². The highest BCUT2D eigenvalue weighted by molar-refractivity contribution is 7.92. The van der Waals surface area contributed by atoms with Gasteiger partial charge in [-0.1, -0.05) is 41.9 Å². The Morgan fingerprint density at radius 3 is 2.52 bits per heavy atom. The van der Waals surface area contributed by atoms with Crippen molar-refractivity contribution in [2.75, 3.05) is 11.4 Å². The van der Waals surface area contributed by atoms with Crippen molar-refractivity contribution in [3.05, 3.63) is 101 Å². The highest BCUT2D eigenvalue weighted by Crippen LogP contribution is 2.34. The van der Waals surface area contributed by atoms with Gasteiger partial charge in [-0.15, -0.1) is 0 Å². The number of carbonyl (C=O) groups is 1. The molecule has 1 aromatic heterocycles. The van der Waals surface area contributed by atoms with Crippen molar-refractivity contribution >= 4 is 44.2 Å². The predicted molar refractivity (Wildman–Crippen MR) is 124 cm³/mol. The van der Waals surface area contributed by atoms with E-state index in [-0.39, 0.29) is 33.1 Å². The number of hydrogen-bond donors (Lipinski definition) is 0. The number of para-hydroxylation sites is 1. The second-order valence-electron chi connectivity index (χ2n) is 7.06. The Labute approximate surface area is 195 Å². The molecule has 0 fully saturated rings. The lowest BCUT2D eigenvalue weighted by Gasteiger charge is -2.26. The number of nitrogens with zero attached hydrogens (tertiary/aromatic N) is 2. The number of pyridine rings is 1. The number of halogens is 2. The van der Waals surface area contributed by atoms with Crippen molar-refractivity contribution in [3.63, 3.8) is 0 Å². The number of methoxy groups -OCH3 is 1. The number of carbonyl (C=O) groups excluding carboxylic acids is 1. The van der Waals surface area contributed by atoms with Gasteiger partial charge in [-0.3, -0.25) is 9.29 Å². The third kappa shape index (κ3) is 4.27. The molecule has 4 rings (SSSR count). The standard InChI is InChI=1S/C24H18ClFN2O4S/c1-32-24(29)18-7-2-5-11-22(18)33(30,31)28(21-10-4-3-9-19(21)25)15-16-12-13-20(26)17-8-6-14-27-23(16)17/h2-14H,15H2,1H3. The first-order valence-electron chi connectivity index (χ1n) is 9.81. The third-order valence-electron chi connectivity index (χ3n) is 5.10. The molecule has 33 heavy (non-hydrogen) atoms. The SMILES string of the molecule is COC(=O)c1ccccc1S(=O)(=O)N(Cc1ccc(F)c2cccnc12)c1ccccc1Cl. The van der Waals surface area contributed by atoms with Gasteiger partial charge in [-0.25, -0.2) is 17.6 Å². The molecule has 0 amide bonds.